The van der Waals surface area contributed by atoms with Crippen molar-refractivity contribution in [2.45, 2.75) is 12.3 Å². The van der Waals surface area contributed by atoms with Crippen LogP contribution in [0.25, 0.3) is 0 Å². The molecule has 0 aromatic heterocycles. The zero-order chi connectivity index (χ0) is 13.4. The highest BCUT2D eigenvalue weighted by Crippen LogP contribution is 2.40. The summed E-state index contributed by atoms with van der Waals surface area (Å²) in [5, 5.41) is 17.8. The molecule has 0 aliphatic rings. The summed E-state index contributed by atoms with van der Waals surface area (Å²) >= 11 is 2.87. The number of nitrogens with two attached hydrogens (primary N) is 1. The summed E-state index contributed by atoms with van der Waals surface area (Å²) in [6.45, 7) is 0. The molecule has 1 aromatic carbocycles. The van der Waals surface area contributed by atoms with Crippen LogP contribution in [0.1, 0.15) is 17.2 Å². The number of benzene rings is 1. The van der Waals surface area contributed by atoms with Crippen molar-refractivity contribution < 1.29 is 28.2 Å². The number of rotatable bonds is 2. The van der Waals surface area contributed by atoms with Gasteiger partial charge in [0.2, 0.25) is 0 Å². The van der Waals surface area contributed by atoms with Gasteiger partial charge in [-0.2, -0.15) is 13.2 Å². The molecule has 0 aliphatic carbocycles. The SMILES string of the molecule is Nc1c(Br)ccc(C(F)(F)F)c1C(O)C(=O)O. The van der Waals surface area contributed by atoms with Gasteiger partial charge in [-0.3, -0.25) is 0 Å². The lowest BCUT2D eigenvalue weighted by Crippen LogP contribution is -2.19. The molecule has 17 heavy (non-hydrogen) atoms. The molecule has 94 valence electrons. The van der Waals surface area contributed by atoms with Crippen molar-refractivity contribution in [3.63, 3.8) is 0 Å². The average Bonchev–Trinajstić information content (AvgIpc) is 2.19. The Morgan fingerprint density at radius 3 is 2.35 bits per heavy atom. The van der Waals surface area contributed by atoms with E-state index in [0.29, 0.717) is 6.07 Å². The molecule has 0 fully saturated rings. The van der Waals surface area contributed by atoms with E-state index in [2.05, 4.69) is 15.9 Å². The summed E-state index contributed by atoms with van der Waals surface area (Å²) in [4.78, 5) is 10.6. The van der Waals surface area contributed by atoms with Gasteiger partial charge in [-0.15, -0.1) is 0 Å². The summed E-state index contributed by atoms with van der Waals surface area (Å²) in [7, 11) is 0. The lowest BCUT2D eigenvalue weighted by Gasteiger charge is -2.18. The van der Waals surface area contributed by atoms with Gasteiger partial charge in [0.15, 0.2) is 6.10 Å². The third-order valence-corrected chi connectivity index (χ3v) is 2.74. The molecule has 8 heteroatoms. The van der Waals surface area contributed by atoms with Gasteiger partial charge in [-0.25, -0.2) is 4.79 Å². The van der Waals surface area contributed by atoms with E-state index in [1.165, 1.54) is 0 Å². The van der Waals surface area contributed by atoms with Gasteiger partial charge in [0, 0.05) is 10.0 Å². The summed E-state index contributed by atoms with van der Waals surface area (Å²) in [5.41, 5.74) is 2.77. The van der Waals surface area contributed by atoms with Crippen LogP contribution >= 0.6 is 15.9 Å². The third-order valence-electron chi connectivity index (χ3n) is 2.05. The molecule has 0 saturated heterocycles. The number of nitrogen functional groups attached to an aromatic ring is 1. The van der Waals surface area contributed by atoms with Crippen LogP contribution in [0.4, 0.5) is 18.9 Å². The van der Waals surface area contributed by atoms with Crippen molar-refractivity contribution in [1.82, 2.24) is 0 Å². The normalized spacial score (nSPS) is 13.5. The second-order valence-electron chi connectivity index (χ2n) is 3.16. The number of aliphatic hydroxyl groups excluding tert-OH is 1. The summed E-state index contributed by atoms with van der Waals surface area (Å²) in [6.07, 6.45) is -7.12. The Labute approximate surface area is 102 Å². The highest BCUT2D eigenvalue weighted by Gasteiger charge is 2.38. The minimum Gasteiger partial charge on any atom is -0.479 e. The Kier molecular flexibility index (Phi) is 3.68. The Morgan fingerprint density at radius 2 is 1.94 bits per heavy atom. The number of carboxylic acid groups (broad SMARTS) is 1. The van der Waals surface area contributed by atoms with E-state index >= 15 is 0 Å². The number of carbonyl (C=O) groups is 1. The van der Waals surface area contributed by atoms with E-state index in [0.717, 1.165) is 6.07 Å². The van der Waals surface area contributed by atoms with Crippen LogP contribution in [0.15, 0.2) is 16.6 Å². The molecule has 0 radical (unpaired) electrons. The van der Waals surface area contributed by atoms with Gasteiger partial charge in [-0.05, 0) is 28.1 Å². The maximum Gasteiger partial charge on any atom is 0.416 e. The van der Waals surface area contributed by atoms with Crippen molar-refractivity contribution >= 4 is 27.6 Å². The average molecular weight is 314 g/mol. The predicted octanol–water partition coefficient (Wildman–Crippen LogP) is 2.17. The first-order valence-electron chi connectivity index (χ1n) is 4.22. The van der Waals surface area contributed by atoms with Crippen molar-refractivity contribution in [2.24, 2.45) is 0 Å². The summed E-state index contributed by atoms with van der Waals surface area (Å²) in [6, 6.07) is 1.69. The molecular weight excluding hydrogens is 307 g/mol. The molecular formula is C9H7BrF3NO3. The van der Waals surface area contributed by atoms with E-state index < -0.39 is 35.1 Å². The lowest BCUT2D eigenvalue weighted by atomic mass is 10.00. The van der Waals surface area contributed by atoms with Crippen LogP contribution in [0.2, 0.25) is 0 Å². The topological polar surface area (TPSA) is 83.5 Å². The first kappa shape index (κ1) is 13.8. The third kappa shape index (κ3) is 2.70. The number of carboxylic acids is 1. The Morgan fingerprint density at radius 1 is 1.41 bits per heavy atom. The molecule has 0 bridgehead atoms. The first-order chi connectivity index (χ1) is 7.66. The number of anilines is 1. The molecule has 4 nitrogen and oxygen atoms in total. The van der Waals surface area contributed by atoms with Crippen LogP contribution in [0, 0.1) is 0 Å². The monoisotopic (exact) mass is 313 g/mol. The lowest BCUT2D eigenvalue weighted by molar-refractivity contribution is -0.149. The summed E-state index contributed by atoms with van der Waals surface area (Å²) in [5.74, 6) is -1.81. The van der Waals surface area contributed by atoms with E-state index in [9.17, 15) is 23.1 Å². The number of aliphatic hydroxyl groups is 1. The maximum absolute atomic E-state index is 12.6. The number of aliphatic carboxylic acids is 1. The number of hydrogen-bond acceptors (Lipinski definition) is 3. The zero-order valence-corrected chi connectivity index (χ0v) is 9.71. The van der Waals surface area contributed by atoms with E-state index in [1.54, 1.807) is 0 Å². The molecule has 1 atom stereocenters. The number of halogens is 4. The van der Waals surface area contributed by atoms with Crippen molar-refractivity contribution in [3.8, 4) is 0 Å². The molecule has 1 rings (SSSR count). The van der Waals surface area contributed by atoms with Gasteiger partial charge in [0.25, 0.3) is 0 Å². The minimum absolute atomic E-state index is 0.0841. The quantitative estimate of drug-likeness (QED) is 0.731. The van der Waals surface area contributed by atoms with Gasteiger partial charge >= 0.3 is 12.1 Å². The van der Waals surface area contributed by atoms with E-state index in [-0.39, 0.29) is 4.47 Å². The summed E-state index contributed by atoms with van der Waals surface area (Å²) < 4.78 is 37.9. The van der Waals surface area contributed by atoms with Crippen molar-refractivity contribution in [3.05, 3.63) is 27.7 Å². The molecule has 0 heterocycles. The van der Waals surface area contributed by atoms with Gasteiger partial charge < -0.3 is 15.9 Å². The zero-order valence-electron chi connectivity index (χ0n) is 8.12. The van der Waals surface area contributed by atoms with Crippen molar-refractivity contribution in [1.29, 1.82) is 0 Å². The van der Waals surface area contributed by atoms with Crippen molar-refractivity contribution in [2.75, 3.05) is 5.73 Å². The fourth-order valence-corrected chi connectivity index (χ4v) is 1.62. The Hall–Kier alpha value is -1.28. The van der Waals surface area contributed by atoms with Crippen LogP contribution in [-0.4, -0.2) is 16.2 Å². The Bertz CT molecular complexity index is 462. The molecule has 0 aliphatic heterocycles. The van der Waals surface area contributed by atoms with Crippen LogP contribution in [0.5, 0.6) is 0 Å². The van der Waals surface area contributed by atoms with E-state index in [4.69, 9.17) is 10.8 Å². The van der Waals surface area contributed by atoms with Crippen LogP contribution in [-0.2, 0) is 11.0 Å². The molecule has 1 aromatic rings. The second kappa shape index (κ2) is 4.53. The fourth-order valence-electron chi connectivity index (χ4n) is 1.28. The second-order valence-corrected chi connectivity index (χ2v) is 4.02. The minimum atomic E-state index is -4.79. The predicted molar refractivity (Wildman–Crippen MR) is 56.2 cm³/mol. The molecule has 0 spiro atoms. The number of hydrogen-bond donors (Lipinski definition) is 3. The highest BCUT2D eigenvalue weighted by atomic mass is 79.9. The van der Waals surface area contributed by atoms with Crippen LogP contribution < -0.4 is 5.73 Å². The largest absolute Gasteiger partial charge is 0.479 e. The smallest absolute Gasteiger partial charge is 0.416 e. The van der Waals surface area contributed by atoms with Crippen LogP contribution in [0.3, 0.4) is 0 Å². The molecule has 0 saturated carbocycles. The van der Waals surface area contributed by atoms with E-state index in [1.807, 2.05) is 0 Å². The fraction of sp³-hybridized carbons (Fsp3) is 0.222. The number of alkyl halides is 3. The molecule has 4 N–H and O–H groups in total. The highest BCUT2D eigenvalue weighted by molar-refractivity contribution is 9.10. The van der Waals surface area contributed by atoms with Gasteiger partial charge in [-0.1, -0.05) is 0 Å². The first-order valence-corrected chi connectivity index (χ1v) is 5.01. The Balaban J connectivity index is 3.53. The van der Waals surface area contributed by atoms with Gasteiger partial charge in [0.05, 0.1) is 11.3 Å². The molecule has 0 amide bonds. The maximum atomic E-state index is 12.6. The standard InChI is InChI=1S/C9H7BrF3NO3/c10-4-2-1-3(9(11,12)13)5(6(4)14)7(15)8(16)17/h1-2,7,15H,14H2,(H,16,17). The molecule has 1 unspecified atom stereocenters. The van der Waals surface area contributed by atoms with Gasteiger partial charge in [0.1, 0.15) is 0 Å².